The number of rotatable bonds is 4. The molecule has 1 atom stereocenters. The maximum Gasteiger partial charge on any atom is 0.310 e. The Labute approximate surface area is 95.2 Å². The van der Waals surface area contributed by atoms with Crippen molar-refractivity contribution in [2.24, 2.45) is 5.92 Å². The fourth-order valence-electron chi connectivity index (χ4n) is 1.42. The highest BCUT2D eigenvalue weighted by Gasteiger charge is 2.16. The van der Waals surface area contributed by atoms with E-state index in [0.29, 0.717) is 12.2 Å². The van der Waals surface area contributed by atoms with Crippen LogP contribution >= 0.6 is 0 Å². The maximum atomic E-state index is 11.3. The van der Waals surface area contributed by atoms with E-state index in [0.717, 1.165) is 5.82 Å². The summed E-state index contributed by atoms with van der Waals surface area (Å²) in [5, 5.41) is 0. The molecule has 0 aliphatic heterocycles. The van der Waals surface area contributed by atoms with Crippen LogP contribution < -0.4 is 10.6 Å². The van der Waals surface area contributed by atoms with Crippen molar-refractivity contribution in [2.45, 2.75) is 6.92 Å². The van der Waals surface area contributed by atoms with E-state index in [1.165, 1.54) is 7.11 Å². The highest BCUT2D eigenvalue weighted by atomic mass is 16.5. The van der Waals surface area contributed by atoms with Gasteiger partial charge < -0.3 is 15.4 Å². The molecule has 0 radical (unpaired) electrons. The molecular weight excluding hydrogens is 206 g/mol. The number of carbonyl (C=O) groups excluding carboxylic acids is 1. The van der Waals surface area contributed by atoms with Gasteiger partial charge in [0.1, 0.15) is 5.82 Å². The molecule has 0 bridgehead atoms. The summed E-state index contributed by atoms with van der Waals surface area (Å²) in [6, 6.07) is 3.49. The first-order valence-corrected chi connectivity index (χ1v) is 5.05. The number of anilines is 2. The average Bonchev–Trinajstić information content (AvgIpc) is 2.27. The van der Waals surface area contributed by atoms with E-state index < -0.39 is 0 Å². The number of nitrogens with zero attached hydrogens (tertiary/aromatic N) is 2. The van der Waals surface area contributed by atoms with Crippen LogP contribution in [0.2, 0.25) is 0 Å². The monoisotopic (exact) mass is 223 g/mol. The van der Waals surface area contributed by atoms with Crippen LogP contribution in [-0.2, 0) is 9.53 Å². The fourth-order valence-corrected chi connectivity index (χ4v) is 1.42. The van der Waals surface area contributed by atoms with Crippen molar-refractivity contribution in [3.63, 3.8) is 0 Å². The molecule has 2 N–H and O–H groups in total. The van der Waals surface area contributed by atoms with E-state index in [-0.39, 0.29) is 11.9 Å². The lowest BCUT2D eigenvalue weighted by Crippen LogP contribution is -2.29. The summed E-state index contributed by atoms with van der Waals surface area (Å²) in [4.78, 5) is 17.3. The normalized spacial score (nSPS) is 11.9. The molecule has 1 unspecified atom stereocenters. The van der Waals surface area contributed by atoms with Crippen molar-refractivity contribution in [2.75, 3.05) is 31.3 Å². The molecule has 0 saturated carbocycles. The fraction of sp³-hybridized carbons (Fsp3) is 0.455. The van der Waals surface area contributed by atoms with Gasteiger partial charge in [0.15, 0.2) is 0 Å². The third-order valence-corrected chi connectivity index (χ3v) is 2.31. The molecule has 16 heavy (non-hydrogen) atoms. The number of nitrogens with two attached hydrogens (primary N) is 1. The van der Waals surface area contributed by atoms with Crippen molar-refractivity contribution in [3.05, 3.63) is 18.3 Å². The number of ether oxygens (including phenoxy) is 1. The number of methoxy groups -OCH3 is 1. The van der Waals surface area contributed by atoms with E-state index in [9.17, 15) is 4.79 Å². The molecular formula is C11H17N3O2. The Morgan fingerprint density at radius 3 is 2.94 bits per heavy atom. The van der Waals surface area contributed by atoms with Crippen LogP contribution in [-0.4, -0.2) is 31.7 Å². The maximum absolute atomic E-state index is 11.3. The smallest absolute Gasteiger partial charge is 0.310 e. The molecule has 88 valence electrons. The van der Waals surface area contributed by atoms with E-state index in [1.807, 2.05) is 18.9 Å². The molecule has 0 saturated heterocycles. The summed E-state index contributed by atoms with van der Waals surface area (Å²) >= 11 is 0. The first kappa shape index (κ1) is 12.3. The molecule has 1 rings (SSSR count). The minimum absolute atomic E-state index is 0.196. The average molecular weight is 223 g/mol. The molecule has 1 aromatic rings. The highest BCUT2D eigenvalue weighted by Crippen LogP contribution is 2.14. The Hall–Kier alpha value is -1.78. The largest absolute Gasteiger partial charge is 0.469 e. The number of pyridine rings is 1. The summed E-state index contributed by atoms with van der Waals surface area (Å²) < 4.78 is 4.66. The molecule has 5 heteroatoms. The van der Waals surface area contributed by atoms with Gasteiger partial charge in [-0.05, 0) is 6.07 Å². The van der Waals surface area contributed by atoms with Gasteiger partial charge in [-0.3, -0.25) is 4.79 Å². The van der Waals surface area contributed by atoms with Crippen molar-refractivity contribution in [3.8, 4) is 0 Å². The second kappa shape index (κ2) is 5.34. The second-order valence-electron chi connectivity index (χ2n) is 3.75. The van der Waals surface area contributed by atoms with Crippen LogP contribution in [0, 0.1) is 5.92 Å². The van der Waals surface area contributed by atoms with Gasteiger partial charge in [-0.1, -0.05) is 6.92 Å². The zero-order valence-corrected chi connectivity index (χ0v) is 9.80. The van der Waals surface area contributed by atoms with E-state index in [1.54, 1.807) is 18.3 Å². The van der Waals surface area contributed by atoms with Gasteiger partial charge in [0.05, 0.1) is 13.0 Å². The molecule has 0 aliphatic rings. The van der Waals surface area contributed by atoms with Gasteiger partial charge in [0.2, 0.25) is 0 Å². The number of nitrogen functional groups attached to an aromatic ring is 1. The molecule has 0 aromatic carbocycles. The van der Waals surface area contributed by atoms with Crippen LogP contribution in [0.5, 0.6) is 0 Å². The van der Waals surface area contributed by atoms with Crippen LogP contribution in [0.4, 0.5) is 11.5 Å². The van der Waals surface area contributed by atoms with Gasteiger partial charge in [0.25, 0.3) is 0 Å². The lowest BCUT2D eigenvalue weighted by Gasteiger charge is -2.21. The second-order valence-corrected chi connectivity index (χ2v) is 3.75. The zero-order valence-electron chi connectivity index (χ0n) is 9.80. The third-order valence-electron chi connectivity index (χ3n) is 2.31. The topological polar surface area (TPSA) is 68.5 Å². The quantitative estimate of drug-likeness (QED) is 0.768. The molecule has 0 amide bonds. The van der Waals surface area contributed by atoms with Crippen LogP contribution in [0.1, 0.15) is 6.92 Å². The number of carbonyl (C=O) groups is 1. The Balaban J connectivity index is 2.65. The summed E-state index contributed by atoms with van der Waals surface area (Å²) in [5.74, 6) is 0.324. The summed E-state index contributed by atoms with van der Waals surface area (Å²) in [7, 11) is 3.25. The number of aromatic nitrogens is 1. The van der Waals surface area contributed by atoms with Crippen molar-refractivity contribution < 1.29 is 9.53 Å². The Morgan fingerprint density at radius 2 is 2.38 bits per heavy atom. The predicted octanol–water partition coefficient (Wildman–Crippen LogP) is 0.909. The van der Waals surface area contributed by atoms with Gasteiger partial charge >= 0.3 is 5.97 Å². The SMILES string of the molecule is COC(=O)C(C)CN(C)c1cc(N)ccn1. The van der Waals surface area contributed by atoms with Crippen LogP contribution in [0.3, 0.4) is 0 Å². The first-order chi connectivity index (χ1) is 7.54. The first-order valence-electron chi connectivity index (χ1n) is 5.05. The molecule has 0 fully saturated rings. The van der Waals surface area contributed by atoms with Crippen LogP contribution in [0.25, 0.3) is 0 Å². The van der Waals surface area contributed by atoms with Crippen LogP contribution in [0.15, 0.2) is 18.3 Å². The van der Waals surface area contributed by atoms with E-state index in [2.05, 4.69) is 9.72 Å². The predicted molar refractivity (Wildman–Crippen MR) is 63.1 cm³/mol. The summed E-state index contributed by atoms with van der Waals surface area (Å²) in [5.41, 5.74) is 6.31. The third kappa shape index (κ3) is 3.12. The van der Waals surface area contributed by atoms with Crippen molar-refractivity contribution in [1.29, 1.82) is 0 Å². The number of hydrogen-bond acceptors (Lipinski definition) is 5. The van der Waals surface area contributed by atoms with E-state index in [4.69, 9.17) is 5.73 Å². The molecule has 0 aliphatic carbocycles. The molecule has 1 heterocycles. The minimum atomic E-state index is -0.226. The van der Waals surface area contributed by atoms with E-state index >= 15 is 0 Å². The van der Waals surface area contributed by atoms with Gasteiger partial charge in [-0.25, -0.2) is 4.98 Å². The Morgan fingerprint density at radius 1 is 1.69 bits per heavy atom. The van der Waals surface area contributed by atoms with Crippen molar-refractivity contribution in [1.82, 2.24) is 4.98 Å². The number of esters is 1. The summed E-state index contributed by atoms with van der Waals surface area (Å²) in [6.07, 6.45) is 1.64. The number of hydrogen-bond donors (Lipinski definition) is 1. The Bertz CT molecular complexity index is 368. The van der Waals surface area contributed by atoms with Gasteiger partial charge in [-0.15, -0.1) is 0 Å². The zero-order chi connectivity index (χ0) is 12.1. The lowest BCUT2D eigenvalue weighted by atomic mass is 10.2. The summed E-state index contributed by atoms with van der Waals surface area (Å²) in [6.45, 7) is 2.36. The Kier molecular flexibility index (Phi) is 4.10. The molecule has 0 spiro atoms. The van der Waals surface area contributed by atoms with Gasteiger partial charge in [-0.2, -0.15) is 0 Å². The minimum Gasteiger partial charge on any atom is -0.469 e. The van der Waals surface area contributed by atoms with Crippen molar-refractivity contribution >= 4 is 17.5 Å². The molecule has 1 aromatic heterocycles. The molecule has 5 nitrogen and oxygen atoms in total. The highest BCUT2D eigenvalue weighted by molar-refractivity contribution is 5.72. The van der Waals surface area contributed by atoms with Gasteiger partial charge in [0, 0.05) is 31.5 Å². The lowest BCUT2D eigenvalue weighted by molar-refractivity contribution is -0.144. The standard InChI is InChI=1S/C11H17N3O2/c1-8(11(15)16-3)7-14(2)10-6-9(12)4-5-13-10/h4-6,8H,7H2,1-3H3,(H2,12,13).